The molecular formula is C17H23F2N3O2. The van der Waals surface area contributed by atoms with E-state index in [2.05, 4.69) is 10.6 Å². The summed E-state index contributed by atoms with van der Waals surface area (Å²) in [5.41, 5.74) is 0.182. The number of hydrogen-bond acceptors (Lipinski definition) is 3. The number of unbranched alkanes of at least 4 members (excludes halogenated alkanes) is 1. The second kappa shape index (κ2) is 8.73. The van der Waals surface area contributed by atoms with Gasteiger partial charge in [-0.15, -0.1) is 0 Å². The van der Waals surface area contributed by atoms with Crippen LogP contribution in [0.15, 0.2) is 18.2 Å². The summed E-state index contributed by atoms with van der Waals surface area (Å²) in [4.78, 5) is 25.8. The van der Waals surface area contributed by atoms with E-state index in [1.165, 1.54) is 12.1 Å². The SMILES string of the molecule is CCCCNC(=O)C[C@H]1C(=O)NCCN1Cc1cccc(F)c1F. The molecule has 0 radical (unpaired) electrons. The number of halogens is 2. The van der Waals surface area contributed by atoms with Gasteiger partial charge >= 0.3 is 0 Å². The summed E-state index contributed by atoms with van der Waals surface area (Å²) in [6, 6.07) is 3.30. The first-order chi connectivity index (χ1) is 11.5. The van der Waals surface area contributed by atoms with Crippen molar-refractivity contribution in [2.75, 3.05) is 19.6 Å². The van der Waals surface area contributed by atoms with Crippen LogP contribution in [0.2, 0.25) is 0 Å². The first kappa shape index (κ1) is 18.3. The summed E-state index contributed by atoms with van der Waals surface area (Å²) in [5.74, 6) is -2.30. The van der Waals surface area contributed by atoms with E-state index < -0.39 is 17.7 Å². The van der Waals surface area contributed by atoms with Crippen molar-refractivity contribution in [1.82, 2.24) is 15.5 Å². The lowest BCUT2D eigenvalue weighted by Crippen LogP contribution is -2.56. The Balaban J connectivity index is 2.04. The quantitative estimate of drug-likeness (QED) is 0.742. The molecule has 0 spiro atoms. The average molecular weight is 339 g/mol. The Morgan fingerprint density at radius 2 is 2.21 bits per heavy atom. The molecule has 1 aliphatic heterocycles. The molecule has 7 heteroatoms. The number of hydrogen-bond donors (Lipinski definition) is 2. The maximum atomic E-state index is 13.9. The molecule has 0 aromatic heterocycles. The van der Waals surface area contributed by atoms with Crippen LogP contribution in [-0.4, -0.2) is 42.4 Å². The number of rotatable bonds is 7. The number of benzene rings is 1. The molecule has 5 nitrogen and oxygen atoms in total. The molecule has 1 atom stereocenters. The zero-order valence-corrected chi connectivity index (χ0v) is 13.8. The molecule has 0 saturated carbocycles. The lowest BCUT2D eigenvalue weighted by molar-refractivity contribution is -0.134. The number of carbonyl (C=O) groups is 2. The highest BCUT2D eigenvalue weighted by Crippen LogP contribution is 2.18. The molecule has 1 fully saturated rings. The third kappa shape index (κ3) is 4.74. The van der Waals surface area contributed by atoms with E-state index in [0.29, 0.717) is 19.6 Å². The zero-order valence-electron chi connectivity index (χ0n) is 13.8. The predicted octanol–water partition coefficient (Wildman–Crippen LogP) is 1.57. The highest BCUT2D eigenvalue weighted by molar-refractivity contribution is 5.88. The molecular weight excluding hydrogens is 316 g/mol. The van der Waals surface area contributed by atoms with Crippen molar-refractivity contribution in [3.8, 4) is 0 Å². The van der Waals surface area contributed by atoms with E-state index in [-0.39, 0.29) is 30.3 Å². The van der Waals surface area contributed by atoms with E-state index in [4.69, 9.17) is 0 Å². The van der Waals surface area contributed by atoms with Gasteiger partial charge in [-0.2, -0.15) is 0 Å². The molecule has 2 N–H and O–H groups in total. The van der Waals surface area contributed by atoms with Crippen LogP contribution >= 0.6 is 0 Å². The topological polar surface area (TPSA) is 61.4 Å². The van der Waals surface area contributed by atoms with Gasteiger partial charge in [-0.05, 0) is 12.5 Å². The summed E-state index contributed by atoms with van der Waals surface area (Å²) >= 11 is 0. The second-order valence-corrected chi connectivity index (χ2v) is 5.90. The molecule has 0 bridgehead atoms. The smallest absolute Gasteiger partial charge is 0.237 e. The summed E-state index contributed by atoms with van der Waals surface area (Å²) in [7, 11) is 0. The molecule has 0 unspecified atom stereocenters. The van der Waals surface area contributed by atoms with E-state index >= 15 is 0 Å². The highest BCUT2D eigenvalue weighted by Gasteiger charge is 2.32. The van der Waals surface area contributed by atoms with Crippen LogP contribution in [0.3, 0.4) is 0 Å². The van der Waals surface area contributed by atoms with Gasteiger partial charge in [0.1, 0.15) is 0 Å². The first-order valence-corrected chi connectivity index (χ1v) is 8.24. The number of carbonyl (C=O) groups excluding carboxylic acids is 2. The van der Waals surface area contributed by atoms with Gasteiger partial charge in [-0.3, -0.25) is 14.5 Å². The molecule has 1 aromatic rings. The van der Waals surface area contributed by atoms with Crippen molar-refractivity contribution in [1.29, 1.82) is 0 Å². The molecule has 0 aliphatic carbocycles. The summed E-state index contributed by atoms with van der Waals surface area (Å²) in [6.45, 7) is 3.58. The predicted molar refractivity (Wildman–Crippen MR) is 86.1 cm³/mol. The number of nitrogens with one attached hydrogen (secondary N) is 2. The van der Waals surface area contributed by atoms with E-state index in [9.17, 15) is 18.4 Å². The largest absolute Gasteiger partial charge is 0.356 e. The Kier molecular flexibility index (Phi) is 6.66. The standard InChI is InChI=1S/C17H23F2N3O2/c1-2-3-7-20-15(23)10-14-17(24)21-8-9-22(14)11-12-5-4-6-13(18)16(12)19/h4-6,14H,2-3,7-11H2,1H3,(H,20,23)(H,21,24)/t14-/m0/s1. The van der Waals surface area contributed by atoms with E-state index in [0.717, 1.165) is 18.9 Å². The van der Waals surface area contributed by atoms with Gasteiger partial charge in [0, 0.05) is 31.7 Å². The summed E-state index contributed by atoms with van der Waals surface area (Å²) < 4.78 is 27.2. The van der Waals surface area contributed by atoms with Gasteiger partial charge in [-0.1, -0.05) is 25.5 Å². The molecule has 1 heterocycles. The highest BCUT2D eigenvalue weighted by atomic mass is 19.2. The fourth-order valence-corrected chi connectivity index (χ4v) is 2.71. The fraction of sp³-hybridized carbons (Fsp3) is 0.529. The minimum absolute atomic E-state index is 0.00643. The van der Waals surface area contributed by atoms with Crippen molar-refractivity contribution in [3.05, 3.63) is 35.4 Å². The average Bonchev–Trinajstić information content (AvgIpc) is 2.55. The van der Waals surface area contributed by atoms with Crippen LogP contribution in [0, 0.1) is 11.6 Å². The Hall–Kier alpha value is -2.02. The van der Waals surface area contributed by atoms with E-state index in [1.807, 2.05) is 6.92 Å². The normalized spacial score (nSPS) is 18.3. The number of nitrogens with zero attached hydrogens (tertiary/aromatic N) is 1. The second-order valence-electron chi connectivity index (χ2n) is 5.90. The number of piperazine rings is 1. The van der Waals surface area contributed by atoms with Crippen molar-refractivity contribution in [2.45, 2.75) is 38.8 Å². The maximum Gasteiger partial charge on any atom is 0.237 e. The van der Waals surface area contributed by atoms with Crippen molar-refractivity contribution < 1.29 is 18.4 Å². The molecule has 2 amide bonds. The first-order valence-electron chi connectivity index (χ1n) is 8.24. The molecule has 1 aromatic carbocycles. The summed E-state index contributed by atoms with van der Waals surface area (Å²) in [6.07, 6.45) is 1.85. The van der Waals surface area contributed by atoms with Crippen LogP contribution in [-0.2, 0) is 16.1 Å². The Morgan fingerprint density at radius 1 is 1.42 bits per heavy atom. The Bertz CT molecular complexity index is 595. The van der Waals surface area contributed by atoms with Crippen LogP contribution in [0.1, 0.15) is 31.7 Å². The van der Waals surface area contributed by atoms with Crippen LogP contribution in [0.25, 0.3) is 0 Å². The van der Waals surface area contributed by atoms with Crippen molar-refractivity contribution in [3.63, 3.8) is 0 Å². The van der Waals surface area contributed by atoms with Crippen LogP contribution < -0.4 is 10.6 Å². The Morgan fingerprint density at radius 3 is 2.96 bits per heavy atom. The van der Waals surface area contributed by atoms with Gasteiger partial charge in [0.25, 0.3) is 0 Å². The van der Waals surface area contributed by atoms with Gasteiger partial charge in [0.05, 0.1) is 12.5 Å². The number of amides is 2. The molecule has 1 saturated heterocycles. The van der Waals surface area contributed by atoms with Crippen LogP contribution in [0.5, 0.6) is 0 Å². The fourth-order valence-electron chi connectivity index (χ4n) is 2.71. The van der Waals surface area contributed by atoms with Gasteiger partial charge in [-0.25, -0.2) is 8.78 Å². The van der Waals surface area contributed by atoms with Gasteiger partial charge in [0.2, 0.25) is 11.8 Å². The molecule has 24 heavy (non-hydrogen) atoms. The lowest BCUT2D eigenvalue weighted by Gasteiger charge is -2.34. The zero-order chi connectivity index (χ0) is 17.5. The minimum Gasteiger partial charge on any atom is -0.356 e. The van der Waals surface area contributed by atoms with Gasteiger partial charge in [0.15, 0.2) is 11.6 Å². The van der Waals surface area contributed by atoms with Crippen molar-refractivity contribution in [2.24, 2.45) is 0 Å². The minimum atomic E-state index is -0.914. The van der Waals surface area contributed by atoms with Crippen molar-refractivity contribution >= 4 is 11.8 Å². The third-order valence-electron chi connectivity index (χ3n) is 4.08. The Labute approximate surface area is 140 Å². The lowest BCUT2D eigenvalue weighted by atomic mass is 10.1. The molecule has 132 valence electrons. The monoisotopic (exact) mass is 339 g/mol. The van der Waals surface area contributed by atoms with E-state index in [1.54, 1.807) is 4.90 Å². The summed E-state index contributed by atoms with van der Waals surface area (Å²) in [5, 5.41) is 5.49. The molecule has 1 aliphatic rings. The van der Waals surface area contributed by atoms with Crippen LogP contribution in [0.4, 0.5) is 8.78 Å². The molecule has 2 rings (SSSR count). The van der Waals surface area contributed by atoms with Gasteiger partial charge < -0.3 is 10.6 Å². The third-order valence-corrected chi connectivity index (χ3v) is 4.08. The maximum absolute atomic E-state index is 13.9.